The summed E-state index contributed by atoms with van der Waals surface area (Å²) in [6.45, 7) is 0.844. The standard InChI is InChI=1S/C29H30N2O6/c1-34-23-8-6-19(7-9-23)28-18-26(32)25-17-24(10-11-27(25)37-28)35-12-4-2-3-5-13-36-29(33)20-14-21(30)16-22(31)15-20/h6-11,14-18H,2-5,12-13,30-31H2,1H3. The summed E-state index contributed by atoms with van der Waals surface area (Å²) in [5.41, 5.74) is 13.8. The third-order valence-electron chi connectivity index (χ3n) is 5.83. The molecule has 0 unspecified atom stereocenters. The molecule has 1 heterocycles. The molecule has 8 nitrogen and oxygen atoms in total. The number of hydrogen-bond donors (Lipinski definition) is 2. The van der Waals surface area contributed by atoms with Crippen molar-refractivity contribution in [3.05, 3.63) is 82.5 Å². The highest BCUT2D eigenvalue weighted by Crippen LogP contribution is 2.26. The van der Waals surface area contributed by atoms with Gasteiger partial charge in [-0.1, -0.05) is 0 Å². The molecule has 0 aliphatic carbocycles. The molecule has 0 atom stereocenters. The van der Waals surface area contributed by atoms with Gasteiger partial charge in [-0.25, -0.2) is 4.79 Å². The van der Waals surface area contributed by atoms with Crippen molar-refractivity contribution >= 4 is 28.3 Å². The molecule has 0 radical (unpaired) electrons. The van der Waals surface area contributed by atoms with Crippen LogP contribution in [-0.2, 0) is 4.74 Å². The van der Waals surface area contributed by atoms with Crippen LogP contribution in [0.1, 0.15) is 36.0 Å². The Balaban J connectivity index is 1.21. The van der Waals surface area contributed by atoms with Gasteiger partial charge in [0.1, 0.15) is 22.8 Å². The summed E-state index contributed by atoms with van der Waals surface area (Å²) in [4.78, 5) is 24.8. The molecule has 3 aromatic carbocycles. The maximum Gasteiger partial charge on any atom is 0.338 e. The Morgan fingerprint density at radius 2 is 1.49 bits per heavy atom. The highest BCUT2D eigenvalue weighted by molar-refractivity contribution is 5.91. The Morgan fingerprint density at radius 3 is 2.19 bits per heavy atom. The van der Waals surface area contributed by atoms with E-state index in [1.165, 1.54) is 6.07 Å². The minimum Gasteiger partial charge on any atom is -0.497 e. The minimum absolute atomic E-state index is 0.132. The van der Waals surface area contributed by atoms with Gasteiger partial charge in [0.05, 0.1) is 31.3 Å². The summed E-state index contributed by atoms with van der Waals surface area (Å²) in [7, 11) is 1.60. The van der Waals surface area contributed by atoms with Gasteiger partial charge in [-0.3, -0.25) is 4.79 Å². The number of rotatable bonds is 11. The largest absolute Gasteiger partial charge is 0.497 e. The fraction of sp³-hybridized carbons (Fsp3) is 0.241. The number of nitrogen functional groups attached to an aromatic ring is 2. The second kappa shape index (κ2) is 12.0. The number of esters is 1. The lowest BCUT2D eigenvalue weighted by molar-refractivity contribution is 0.0497. The molecule has 1 aromatic heterocycles. The van der Waals surface area contributed by atoms with Crippen molar-refractivity contribution in [2.45, 2.75) is 25.7 Å². The molecule has 0 saturated carbocycles. The van der Waals surface area contributed by atoms with Gasteiger partial charge in [0, 0.05) is 23.0 Å². The summed E-state index contributed by atoms with van der Waals surface area (Å²) in [6, 6.07) is 18.8. The van der Waals surface area contributed by atoms with Gasteiger partial charge in [-0.15, -0.1) is 0 Å². The summed E-state index contributed by atoms with van der Waals surface area (Å²) >= 11 is 0. The van der Waals surface area contributed by atoms with Gasteiger partial charge in [-0.05, 0) is 86.3 Å². The van der Waals surface area contributed by atoms with Crippen molar-refractivity contribution in [2.75, 3.05) is 31.8 Å². The number of ether oxygens (including phenoxy) is 3. The van der Waals surface area contributed by atoms with E-state index >= 15 is 0 Å². The third kappa shape index (κ3) is 6.82. The summed E-state index contributed by atoms with van der Waals surface area (Å²) in [5, 5.41) is 0.471. The van der Waals surface area contributed by atoms with Crippen molar-refractivity contribution in [1.82, 2.24) is 0 Å². The molecule has 0 aliphatic rings. The zero-order valence-electron chi connectivity index (χ0n) is 20.7. The molecular weight excluding hydrogens is 472 g/mol. The van der Waals surface area contributed by atoms with Crippen LogP contribution < -0.4 is 26.4 Å². The Hall–Kier alpha value is -4.46. The van der Waals surface area contributed by atoms with Crippen molar-refractivity contribution in [1.29, 1.82) is 0 Å². The lowest BCUT2D eigenvalue weighted by atomic mass is 10.1. The molecule has 192 valence electrons. The van der Waals surface area contributed by atoms with E-state index < -0.39 is 5.97 Å². The number of unbranched alkanes of at least 4 members (excludes halogenated alkanes) is 3. The van der Waals surface area contributed by atoms with Crippen LogP contribution in [0.5, 0.6) is 11.5 Å². The lowest BCUT2D eigenvalue weighted by Gasteiger charge is -2.09. The molecule has 0 amide bonds. The van der Waals surface area contributed by atoms with E-state index in [4.69, 9.17) is 30.1 Å². The smallest absolute Gasteiger partial charge is 0.338 e. The quantitative estimate of drug-likeness (QED) is 0.158. The van der Waals surface area contributed by atoms with Crippen LogP contribution in [-0.4, -0.2) is 26.3 Å². The van der Waals surface area contributed by atoms with Crippen LogP contribution >= 0.6 is 0 Å². The topological polar surface area (TPSA) is 127 Å². The third-order valence-corrected chi connectivity index (χ3v) is 5.83. The van der Waals surface area contributed by atoms with E-state index in [1.54, 1.807) is 43.5 Å². The van der Waals surface area contributed by atoms with Gasteiger partial charge in [0.25, 0.3) is 0 Å². The maximum absolute atomic E-state index is 12.7. The van der Waals surface area contributed by atoms with E-state index in [0.29, 0.717) is 52.6 Å². The highest BCUT2D eigenvalue weighted by atomic mass is 16.5. The number of carbonyl (C=O) groups is 1. The van der Waals surface area contributed by atoms with Crippen LogP contribution in [0.2, 0.25) is 0 Å². The van der Waals surface area contributed by atoms with Gasteiger partial charge in [0.15, 0.2) is 5.43 Å². The molecule has 0 fully saturated rings. The number of fused-ring (bicyclic) bond motifs is 1. The molecule has 0 bridgehead atoms. The van der Waals surface area contributed by atoms with Crippen LogP contribution in [0.4, 0.5) is 11.4 Å². The van der Waals surface area contributed by atoms with Crippen molar-refractivity contribution in [2.24, 2.45) is 0 Å². The van der Waals surface area contributed by atoms with Gasteiger partial charge in [0.2, 0.25) is 0 Å². The number of anilines is 2. The van der Waals surface area contributed by atoms with E-state index in [-0.39, 0.29) is 5.43 Å². The first-order valence-corrected chi connectivity index (χ1v) is 12.1. The van der Waals surface area contributed by atoms with Gasteiger partial charge < -0.3 is 30.1 Å². The van der Waals surface area contributed by atoms with Crippen LogP contribution in [0.3, 0.4) is 0 Å². The number of benzene rings is 3. The molecule has 4 rings (SSSR count). The van der Waals surface area contributed by atoms with E-state index in [0.717, 1.165) is 37.0 Å². The molecule has 0 saturated heterocycles. The van der Waals surface area contributed by atoms with E-state index in [1.807, 2.05) is 24.3 Å². The zero-order valence-corrected chi connectivity index (χ0v) is 20.7. The fourth-order valence-corrected chi connectivity index (χ4v) is 3.91. The summed E-state index contributed by atoms with van der Waals surface area (Å²) < 4.78 is 22.2. The number of methoxy groups -OCH3 is 1. The van der Waals surface area contributed by atoms with E-state index in [9.17, 15) is 9.59 Å². The monoisotopic (exact) mass is 502 g/mol. The second-order valence-electron chi connectivity index (χ2n) is 8.65. The molecule has 4 N–H and O–H groups in total. The fourth-order valence-electron chi connectivity index (χ4n) is 3.91. The average molecular weight is 503 g/mol. The molecular formula is C29H30N2O6. The number of carbonyl (C=O) groups excluding carboxylic acids is 1. The Bertz CT molecular complexity index is 1410. The molecule has 0 spiro atoms. The highest BCUT2D eigenvalue weighted by Gasteiger charge is 2.10. The van der Waals surface area contributed by atoms with Crippen LogP contribution in [0.15, 0.2) is 75.9 Å². The summed E-state index contributed by atoms with van der Waals surface area (Å²) in [5.74, 6) is 1.42. The predicted octanol–water partition coefficient (Wildman–Crippen LogP) is 5.43. The normalized spacial score (nSPS) is 10.8. The van der Waals surface area contributed by atoms with Crippen LogP contribution in [0.25, 0.3) is 22.3 Å². The molecule has 37 heavy (non-hydrogen) atoms. The van der Waals surface area contributed by atoms with Crippen LogP contribution in [0, 0.1) is 0 Å². The number of nitrogens with two attached hydrogens (primary N) is 2. The average Bonchev–Trinajstić information content (AvgIpc) is 2.89. The van der Waals surface area contributed by atoms with Gasteiger partial charge >= 0.3 is 5.97 Å². The first kappa shape index (κ1) is 25.6. The second-order valence-corrected chi connectivity index (χ2v) is 8.65. The number of hydrogen-bond acceptors (Lipinski definition) is 8. The van der Waals surface area contributed by atoms with Crippen molar-refractivity contribution in [3.63, 3.8) is 0 Å². The minimum atomic E-state index is -0.431. The molecule has 0 aliphatic heterocycles. The first-order chi connectivity index (χ1) is 17.9. The Morgan fingerprint density at radius 1 is 0.811 bits per heavy atom. The Labute approximate surface area is 214 Å². The lowest BCUT2D eigenvalue weighted by Crippen LogP contribution is -2.08. The maximum atomic E-state index is 12.7. The first-order valence-electron chi connectivity index (χ1n) is 12.1. The molecule has 8 heteroatoms. The summed E-state index contributed by atoms with van der Waals surface area (Å²) in [6.07, 6.45) is 3.40. The SMILES string of the molecule is COc1ccc(-c2cc(=O)c3cc(OCCCCCCOC(=O)c4cc(N)cc(N)c4)ccc3o2)cc1. The van der Waals surface area contributed by atoms with Crippen molar-refractivity contribution in [3.8, 4) is 22.8 Å². The van der Waals surface area contributed by atoms with Crippen molar-refractivity contribution < 1.29 is 23.4 Å². The van der Waals surface area contributed by atoms with Gasteiger partial charge in [-0.2, -0.15) is 0 Å². The molecule has 4 aromatic rings. The van der Waals surface area contributed by atoms with E-state index in [2.05, 4.69) is 0 Å². The Kier molecular flexibility index (Phi) is 8.30. The predicted molar refractivity (Wildman–Crippen MR) is 144 cm³/mol. The zero-order chi connectivity index (χ0) is 26.2.